The van der Waals surface area contributed by atoms with Crippen molar-refractivity contribution in [1.29, 1.82) is 0 Å². The molecule has 2 rings (SSSR count). The number of unbranched alkanes of at least 4 members (excludes halogenated alkanes) is 5. The van der Waals surface area contributed by atoms with E-state index in [1.807, 2.05) is 18.2 Å². The second-order valence-electron chi connectivity index (χ2n) is 7.91. The molecular formula is C26H34Na2O4S. The molecular weight excluding hydrogens is 454 g/mol. The Balaban J connectivity index is 0.00000512. The Morgan fingerprint density at radius 1 is 0.727 bits per heavy atom. The third-order valence-corrected chi connectivity index (χ3v) is 6.66. The smallest absolute Gasteiger partial charge is 0.304 e. The first-order chi connectivity index (χ1) is 15.1. The Morgan fingerprint density at radius 2 is 1.30 bits per heavy atom. The van der Waals surface area contributed by atoms with Crippen LogP contribution in [-0.4, -0.2) is 87.0 Å². The van der Waals surface area contributed by atoms with Gasteiger partial charge < -0.3 is 10.2 Å². The Kier molecular flexibility index (Phi) is 19.8. The summed E-state index contributed by atoms with van der Waals surface area (Å²) >= 11 is 1.43. The summed E-state index contributed by atoms with van der Waals surface area (Å²) in [7, 11) is 0. The molecule has 0 fully saturated rings. The summed E-state index contributed by atoms with van der Waals surface area (Å²) in [5.74, 6) is -1.28. The van der Waals surface area contributed by atoms with Gasteiger partial charge >= 0.3 is 11.9 Å². The minimum absolute atomic E-state index is 0. The summed E-state index contributed by atoms with van der Waals surface area (Å²) in [5, 5.41) is 18.0. The molecule has 2 N–H and O–H groups in total. The Hall–Kier alpha value is -0.270. The molecule has 0 saturated heterocycles. The van der Waals surface area contributed by atoms with Crippen LogP contribution < -0.4 is 0 Å². The van der Waals surface area contributed by atoms with E-state index in [-0.39, 0.29) is 77.2 Å². The van der Waals surface area contributed by atoms with Gasteiger partial charge in [-0.25, -0.2) is 0 Å². The molecule has 7 heteroatoms. The first-order valence-corrected chi connectivity index (χ1v) is 12.3. The van der Waals surface area contributed by atoms with Crippen LogP contribution in [-0.2, 0) is 22.4 Å². The Bertz CT molecular complexity index is 802. The van der Waals surface area contributed by atoms with Gasteiger partial charge in [-0.3, -0.25) is 9.59 Å². The fourth-order valence-corrected chi connectivity index (χ4v) is 5.03. The van der Waals surface area contributed by atoms with Crippen LogP contribution in [0.3, 0.4) is 0 Å². The second-order valence-corrected chi connectivity index (χ2v) is 9.22. The topological polar surface area (TPSA) is 74.6 Å². The number of benzene rings is 2. The maximum absolute atomic E-state index is 11.3. The van der Waals surface area contributed by atoms with Gasteiger partial charge in [-0.05, 0) is 42.4 Å². The number of rotatable bonds is 16. The molecule has 0 aromatic heterocycles. The average Bonchev–Trinajstić information content (AvgIpc) is 2.75. The largest absolute Gasteiger partial charge is 0.481 e. The average molecular weight is 489 g/mol. The molecule has 0 heterocycles. The molecule has 0 bridgehead atoms. The van der Waals surface area contributed by atoms with Gasteiger partial charge in [0.05, 0.1) is 12.8 Å². The zero-order valence-electron chi connectivity index (χ0n) is 20.2. The van der Waals surface area contributed by atoms with Gasteiger partial charge in [-0.1, -0.05) is 80.3 Å². The quantitative estimate of drug-likeness (QED) is 0.232. The van der Waals surface area contributed by atoms with E-state index in [1.54, 1.807) is 0 Å². The molecule has 170 valence electrons. The van der Waals surface area contributed by atoms with Crippen LogP contribution in [0.4, 0.5) is 0 Å². The van der Waals surface area contributed by atoms with Gasteiger partial charge in [0.2, 0.25) is 0 Å². The predicted octanol–water partition coefficient (Wildman–Crippen LogP) is 5.77. The summed E-state index contributed by atoms with van der Waals surface area (Å²) in [6.45, 7) is 0. The molecule has 0 unspecified atom stereocenters. The summed E-state index contributed by atoms with van der Waals surface area (Å²) < 4.78 is 0. The SMILES string of the molecule is O=C(O)CCS[C@@H](CC(=O)O)c1ccccc1CCCCCCCCc1ccccc1.[Na].[Na]. The summed E-state index contributed by atoms with van der Waals surface area (Å²) in [6, 6.07) is 18.7. The van der Waals surface area contributed by atoms with Crippen molar-refractivity contribution >= 4 is 82.8 Å². The molecule has 2 radical (unpaired) electrons. The zero-order valence-corrected chi connectivity index (χ0v) is 25.0. The van der Waals surface area contributed by atoms with Gasteiger partial charge in [0.15, 0.2) is 0 Å². The van der Waals surface area contributed by atoms with Crippen LogP contribution in [0.2, 0.25) is 0 Å². The van der Waals surface area contributed by atoms with E-state index in [9.17, 15) is 14.7 Å². The van der Waals surface area contributed by atoms with Crippen molar-refractivity contribution in [3.8, 4) is 0 Å². The molecule has 0 aliphatic carbocycles. The van der Waals surface area contributed by atoms with Crippen LogP contribution >= 0.6 is 11.8 Å². The molecule has 1 atom stereocenters. The summed E-state index contributed by atoms with van der Waals surface area (Å²) in [6.07, 6.45) is 9.39. The first-order valence-electron chi connectivity index (χ1n) is 11.2. The molecule has 2 aromatic rings. The van der Waals surface area contributed by atoms with Gasteiger partial charge in [0, 0.05) is 70.1 Å². The van der Waals surface area contributed by atoms with Crippen LogP contribution in [0, 0.1) is 0 Å². The summed E-state index contributed by atoms with van der Waals surface area (Å²) in [5.41, 5.74) is 3.65. The molecule has 4 nitrogen and oxygen atoms in total. The van der Waals surface area contributed by atoms with E-state index in [4.69, 9.17) is 5.11 Å². The van der Waals surface area contributed by atoms with Gasteiger partial charge in [-0.2, -0.15) is 11.8 Å². The number of thioether (sulfide) groups is 1. The Labute approximate surface area is 246 Å². The van der Waals surface area contributed by atoms with Crippen LogP contribution in [0.1, 0.15) is 73.3 Å². The molecule has 0 aliphatic rings. The van der Waals surface area contributed by atoms with Crippen molar-refractivity contribution in [3.05, 3.63) is 71.3 Å². The number of hydrogen-bond donors (Lipinski definition) is 2. The molecule has 0 amide bonds. The first kappa shape index (κ1) is 32.7. The van der Waals surface area contributed by atoms with E-state index in [2.05, 4.69) is 36.4 Å². The third kappa shape index (κ3) is 14.7. The Morgan fingerprint density at radius 3 is 1.94 bits per heavy atom. The van der Waals surface area contributed by atoms with Crippen molar-refractivity contribution in [2.24, 2.45) is 0 Å². The number of aliphatic carboxylic acids is 2. The number of aryl methyl sites for hydroxylation is 2. The van der Waals surface area contributed by atoms with Crippen molar-refractivity contribution in [1.82, 2.24) is 0 Å². The minimum atomic E-state index is -0.849. The minimum Gasteiger partial charge on any atom is -0.481 e. The summed E-state index contributed by atoms with van der Waals surface area (Å²) in [4.78, 5) is 22.2. The van der Waals surface area contributed by atoms with E-state index in [0.29, 0.717) is 5.75 Å². The number of carbonyl (C=O) groups is 2. The van der Waals surface area contributed by atoms with Crippen LogP contribution in [0.5, 0.6) is 0 Å². The molecule has 0 saturated carbocycles. The monoisotopic (exact) mass is 488 g/mol. The maximum atomic E-state index is 11.3. The van der Waals surface area contributed by atoms with E-state index in [1.165, 1.54) is 55.0 Å². The van der Waals surface area contributed by atoms with Gasteiger partial charge in [-0.15, -0.1) is 0 Å². The number of carboxylic acid groups (broad SMARTS) is 2. The third-order valence-electron chi connectivity index (χ3n) is 5.40. The number of carboxylic acids is 2. The normalized spacial score (nSPS) is 11.2. The maximum Gasteiger partial charge on any atom is 0.304 e. The van der Waals surface area contributed by atoms with Crippen molar-refractivity contribution in [2.75, 3.05) is 5.75 Å². The molecule has 0 spiro atoms. The van der Waals surface area contributed by atoms with Crippen LogP contribution in [0.15, 0.2) is 54.6 Å². The molecule has 33 heavy (non-hydrogen) atoms. The fraction of sp³-hybridized carbons (Fsp3) is 0.462. The van der Waals surface area contributed by atoms with Crippen molar-refractivity contribution < 1.29 is 19.8 Å². The van der Waals surface area contributed by atoms with Gasteiger partial charge in [0.25, 0.3) is 0 Å². The molecule has 0 aliphatic heterocycles. The van der Waals surface area contributed by atoms with E-state index >= 15 is 0 Å². The second kappa shape index (κ2) is 20.0. The van der Waals surface area contributed by atoms with E-state index < -0.39 is 11.9 Å². The predicted molar refractivity (Wildman–Crippen MR) is 139 cm³/mol. The standard InChI is InChI=1S/C26H34O4S.2Na/c27-25(28)18-19-31-24(20-26(29)30)23-17-11-10-16-22(23)15-9-4-2-1-3-6-12-21-13-7-5-8-14-21;;/h5,7-8,10-11,13-14,16-17,24H,1-4,6,9,12,15,18-20H2,(H,27,28)(H,29,30);;/t24-;;/m0../s1. The molecule has 2 aromatic carbocycles. The van der Waals surface area contributed by atoms with Crippen molar-refractivity contribution in [3.63, 3.8) is 0 Å². The van der Waals surface area contributed by atoms with Crippen molar-refractivity contribution in [2.45, 2.75) is 69.5 Å². The number of hydrogen-bond acceptors (Lipinski definition) is 3. The zero-order chi connectivity index (χ0) is 22.3. The fourth-order valence-electron chi connectivity index (χ4n) is 3.78. The van der Waals surface area contributed by atoms with E-state index in [0.717, 1.165) is 24.8 Å². The van der Waals surface area contributed by atoms with Gasteiger partial charge in [0.1, 0.15) is 0 Å². The van der Waals surface area contributed by atoms with Crippen LogP contribution in [0.25, 0.3) is 0 Å².